The van der Waals surface area contributed by atoms with Gasteiger partial charge in [-0.1, -0.05) is 0 Å². The van der Waals surface area contributed by atoms with Crippen molar-refractivity contribution in [3.05, 3.63) is 18.2 Å². The van der Waals surface area contributed by atoms with Crippen LogP contribution in [0.3, 0.4) is 0 Å². The summed E-state index contributed by atoms with van der Waals surface area (Å²) in [5.41, 5.74) is 0. The molecule has 7 heteroatoms. The highest BCUT2D eigenvalue weighted by Crippen LogP contribution is 2.30. The predicted octanol–water partition coefficient (Wildman–Crippen LogP) is 0.688. The van der Waals surface area contributed by atoms with E-state index in [9.17, 15) is 8.42 Å². The minimum Gasteiger partial charge on any atom is -0.497 e. The van der Waals surface area contributed by atoms with Gasteiger partial charge in [-0.25, -0.2) is 8.42 Å². The Morgan fingerprint density at radius 3 is 2.65 bits per heavy atom. The molecule has 112 valence electrons. The molecular weight excluding hydrogens is 280 g/mol. The van der Waals surface area contributed by atoms with Crippen molar-refractivity contribution in [1.29, 1.82) is 0 Å². The highest BCUT2D eigenvalue weighted by atomic mass is 32.2. The number of ether oxygens (including phenoxy) is 2. The van der Waals surface area contributed by atoms with Gasteiger partial charge >= 0.3 is 0 Å². The van der Waals surface area contributed by atoms with E-state index in [1.807, 2.05) is 0 Å². The van der Waals surface area contributed by atoms with Crippen molar-refractivity contribution < 1.29 is 17.9 Å². The molecule has 0 bridgehead atoms. The summed E-state index contributed by atoms with van der Waals surface area (Å²) < 4.78 is 37.3. The highest BCUT2D eigenvalue weighted by Gasteiger charge is 2.28. The highest BCUT2D eigenvalue weighted by molar-refractivity contribution is 7.89. The van der Waals surface area contributed by atoms with Crippen LogP contribution in [-0.2, 0) is 10.0 Å². The van der Waals surface area contributed by atoms with E-state index in [0.717, 1.165) is 13.0 Å². The van der Waals surface area contributed by atoms with Crippen LogP contribution >= 0.6 is 0 Å². The van der Waals surface area contributed by atoms with E-state index in [-0.39, 0.29) is 4.90 Å². The molecule has 0 aliphatic carbocycles. The molecule has 6 nitrogen and oxygen atoms in total. The second kappa shape index (κ2) is 6.43. The number of hydrogen-bond donors (Lipinski definition) is 1. The second-order valence-electron chi connectivity index (χ2n) is 4.52. The minimum atomic E-state index is -3.57. The van der Waals surface area contributed by atoms with E-state index >= 15 is 0 Å². The van der Waals surface area contributed by atoms with Crippen LogP contribution in [0.1, 0.15) is 6.42 Å². The summed E-state index contributed by atoms with van der Waals surface area (Å²) in [5.74, 6) is 0.834. The molecule has 0 amide bonds. The third-order valence-corrected chi connectivity index (χ3v) is 5.21. The number of nitrogens with one attached hydrogen (secondary N) is 1. The molecule has 0 spiro atoms. The molecule has 1 aromatic carbocycles. The maximum atomic E-state index is 12.8. The van der Waals surface area contributed by atoms with Gasteiger partial charge in [0, 0.05) is 25.7 Å². The molecule has 1 N–H and O–H groups in total. The summed E-state index contributed by atoms with van der Waals surface area (Å²) in [6.07, 6.45) is 0.797. The van der Waals surface area contributed by atoms with Crippen molar-refractivity contribution in [2.45, 2.75) is 11.3 Å². The van der Waals surface area contributed by atoms with Crippen LogP contribution < -0.4 is 14.8 Å². The summed E-state index contributed by atoms with van der Waals surface area (Å²) in [4.78, 5) is 0.154. The van der Waals surface area contributed by atoms with E-state index in [1.54, 1.807) is 12.1 Å². The topological polar surface area (TPSA) is 67.9 Å². The van der Waals surface area contributed by atoms with Crippen molar-refractivity contribution in [2.24, 2.45) is 0 Å². The zero-order valence-electron chi connectivity index (χ0n) is 11.8. The Labute approximate surface area is 119 Å². The largest absolute Gasteiger partial charge is 0.497 e. The van der Waals surface area contributed by atoms with Gasteiger partial charge < -0.3 is 14.8 Å². The van der Waals surface area contributed by atoms with Gasteiger partial charge in [0.05, 0.1) is 14.2 Å². The zero-order chi connectivity index (χ0) is 14.6. The number of methoxy groups -OCH3 is 2. The lowest BCUT2D eigenvalue weighted by Gasteiger charge is -2.21. The first kappa shape index (κ1) is 15.1. The van der Waals surface area contributed by atoms with E-state index < -0.39 is 10.0 Å². The SMILES string of the molecule is COc1ccc(OC)c(S(=O)(=O)N2CCCNCC2)c1. The van der Waals surface area contributed by atoms with Crippen LogP contribution in [0.2, 0.25) is 0 Å². The molecule has 0 saturated carbocycles. The minimum absolute atomic E-state index is 0.154. The van der Waals surface area contributed by atoms with Gasteiger partial charge in [0.2, 0.25) is 10.0 Å². The smallest absolute Gasteiger partial charge is 0.246 e. The molecule has 1 heterocycles. The first-order valence-electron chi connectivity index (χ1n) is 6.52. The molecule has 1 fully saturated rings. The van der Waals surface area contributed by atoms with Gasteiger partial charge in [0.15, 0.2) is 0 Å². The lowest BCUT2D eigenvalue weighted by molar-refractivity contribution is 0.385. The van der Waals surface area contributed by atoms with E-state index in [1.165, 1.54) is 24.6 Å². The summed E-state index contributed by atoms with van der Waals surface area (Å²) in [7, 11) is -0.601. The summed E-state index contributed by atoms with van der Waals surface area (Å²) in [5, 5.41) is 3.19. The molecule has 1 aliphatic rings. The predicted molar refractivity (Wildman–Crippen MR) is 75.8 cm³/mol. The maximum Gasteiger partial charge on any atom is 0.246 e. The number of benzene rings is 1. The van der Waals surface area contributed by atoms with E-state index in [4.69, 9.17) is 9.47 Å². The fourth-order valence-electron chi connectivity index (χ4n) is 2.19. The zero-order valence-corrected chi connectivity index (χ0v) is 12.6. The fourth-order valence-corrected chi connectivity index (χ4v) is 3.84. The number of nitrogens with zero attached hydrogens (tertiary/aromatic N) is 1. The number of sulfonamides is 1. The Kier molecular flexibility index (Phi) is 4.85. The number of rotatable bonds is 4. The van der Waals surface area contributed by atoms with Crippen LogP contribution in [0.25, 0.3) is 0 Å². The molecular formula is C13H20N2O4S. The molecule has 0 aromatic heterocycles. The lowest BCUT2D eigenvalue weighted by atomic mass is 10.3. The van der Waals surface area contributed by atoms with Gasteiger partial charge in [-0.05, 0) is 25.1 Å². The molecule has 0 atom stereocenters. The third kappa shape index (κ3) is 3.05. The molecule has 1 saturated heterocycles. The van der Waals surface area contributed by atoms with Crippen LogP contribution in [0, 0.1) is 0 Å². The van der Waals surface area contributed by atoms with Crippen LogP contribution in [0.5, 0.6) is 11.5 Å². The Balaban J connectivity index is 2.41. The van der Waals surface area contributed by atoms with Crippen molar-refractivity contribution in [3.8, 4) is 11.5 Å². The fraction of sp³-hybridized carbons (Fsp3) is 0.538. The van der Waals surface area contributed by atoms with Crippen molar-refractivity contribution in [2.75, 3.05) is 40.4 Å². The summed E-state index contributed by atoms with van der Waals surface area (Å²) in [6.45, 7) is 2.46. The molecule has 20 heavy (non-hydrogen) atoms. The first-order valence-corrected chi connectivity index (χ1v) is 7.96. The molecule has 0 radical (unpaired) electrons. The van der Waals surface area contributed by atoms with Gasteiger partial charge in [0.25, 0.3) is 0 Å². The Morgan fingerprint density at radius 1 is 1.15 bits per heavy atom. The van der Waals surface area contributed by atoms with Crippen molar-refractivity contribution in [3.63, 3.8) is 0 Å². The quantitative estimate of drug-likeness (QED) is 0.886. The molecule has 2 rings (SSSR count). The summed E-state index contributed by atoms with van der Waals surface area (Å²) in [6, 6.07) is 4.80. The lowest BCUT2D eigenvalue weighted by Crippen LogP contribution is -2.34. The first-order chi connectivity index (χ1) is 9.59. The second-order valence-corrected chi connectivity index (χ2v) is 6.43. The van der Waals surface area contributed by atoms with Crippen molar-refractivity contribution >= 4 is 10.0 Å². The van der Waals surface area contributed by atoms with Gasteiger partial charge in [0.1, 0.15) is 16.4 Å². The molecule has 0 unspecified atom stereocenters. The van der Waals surface area contributed by atoms with Crippen LogP contribution in [0.15, 0.2) is 23.1 Å². The molecule has 1 aliphatic heterocycles. The van der Waals surface area contributed by atoms with E-state index in [2.05, 4.69) is 5.32 Å². The van der Waals surface area contributed by atoms with Gasteiger partial charge in [-0.3, -0.25) is 0 Å². The van der Waals surface area contributed by atoms with Crippen LogP contribution in [0.4, 0.5) is 0 Å². The molecule has 1 aromatic rings. The standard InChI is InChI=1S/C13H20N2O4S/c1-18-11-4-5-12(19-2)13(10-11)20(16,17)15-8-3-6-14-7-9-15/h4-5,10,14H,3,6-9H2,1-2H3. The number of hydrogen-bond acceptors (Lipinski definition) is 5. The van der Waals surface area contributed by atoms with Crippen molar-refractivity contribution in [1.82, 2.24) is 9.62 Å². The van der Waals surface area contributed by atoms with Crippen LogP contribution in [-0.4, -0.2) is 53.1 Å². The van der Waals surface area contributed by atoms with Gasteiger partial charge in [-0.15, -0.1) is 0 Å². The maximum absolute atomic E-state index is 12.8. The van der Waals surface area contributed by atoms with Gasteiger partial charge in [-0.2, -0.15) is 4.31 Å². The Hall–Kier alpha value is -1.31. The summed E-state index contributed by atoms with van der Waals surface area (Å²) >= 11 is 0. The third-order valence-electron chi connectivity index (χ3n) is 3.29. The van der Waals surface area contributed by atoms with E-state index in [0.29, 0.717) is 31.1 Å². The normalized spacial score (nSPS) is 17.5. The Bertz CT molecular complexity index is 551. The average molecular weight is 300 g/mol. The average Bonchev–Trinajstić information content (AvgIpc) is 2.76. The monoisotopic (exact) mass is 300 g/mol. The Morgan fingerprint density at radius 2 is 1.95 bits per heavy atom.